The van der Waals surface area contributed by atoms with Crippen LogP contribution in [0.4, 0.5) is 14.5 Å². The summed E-state index contributed by atoms with van der Waals surface area (Å²) < 4.78 is 27.2. The third-order valence-electron chi connectivity index (χ3n) is 2.94. The Kier molecular flexibility index (Phi) is 5.80. The minimum Gasteiger partial charge on any atom is -0.323 e. The molecule has 2 nitrogen and oxygen atoms in total. The van der Waals surface area contributed by atoms with Crippen LogP contribution in [0.1, 0.15) is 11.1 Å². The number of thioether (sulfide) groups is 1. The molecule has 2 aromatic rings. The van der Waals surface area contributed by atoms with Crippen LogP contribution in [0.15, 0.2) is 36.4 Å². The van der Waals surface area contributed by atoms with Gasteiger partial charge in [0, 0.05) is 16.3 Å². The third kappa shape index (κ3) is 4.45. The number of hydrogen-bond acceptors (Lipinski definition) is 2. The van der Waals surface area contributed by atoms with Gasteiger partial charge in [0.15, 0.2) is 0 Å². The highest BCUT2D eigenvalue weighted by Crippen LogP contribution is 2.24. The summed E-state index contributed by atoms with van der Waals surface area (Å²) in [7, 11) is 0. The lowest BCUT2D eigenvalue weighted by molar-refractivity contribution is -0.113. The van der Waals surface area contributed by atoms with Gasteiger partial charge in [-0.25, -0.2) is 8.78 Å². The van der Waals surface area contributed by atoms with Gasteiger partial charge in [-0.15, -0.1) is 11.8 Å². The second kappa shape index (κ2) is 7.61. The van der Waals surface area contributed by atoms with Crippen LogP contribution in [0.25, 0.3) is 0 Å². The molecule has 1 N–H and O–H groups in total. The van der Waals surface area contributed by atoms with Crippen molar-refractivity contribution in [2.45, 2.75) is 12.7 Å². The zero-order valence-corrected chi connectivity index (χ0v) is 13.4. The van der Waals surface area contributed by atoms with Gasteiger partial charge in [0.2, 0.25) is 5.91 Å². The number of aryl methyl sites for hydroxylation is 1. The van der Waals surface area contributed by atoms with Crippen molar-refractivity contribution in [3.63, 3.8) is 0 Å². The maximum Gasteiger partial charge on any atom is 0.234 e. The summed E-state index contributed by atoms with van der Waals surface area (Å²) >= 11 is 7.12. The second-order valence-electron chi connectivity index (χ2n) is 4.72. The van der Waals surface area contributed by atoms with Crippen LogP contribution in [-0.4, -0.2) is 11.7 Å². The molecule has 116 valence electrons. The van der Waals surface area contributed by atoms with E-state index in [2.05, 4.69) is 5.32 Å². The predicted molar refractivity (Wildman–Crippen MR) is 87.3 cm³/mol. The molecule has 0 bridgehead atoms. The largest absolute Gasteiger partial charge is 0.323 e. The molecule has 0 unspecified atom stereocenters. The summed E-state index contributed by atoms with van der Waals surface area (Å²) in [5.74, 6) is -0.867. The Hall–Kier alpha value is -1.59. The molecule has 0 aliphatic rings. The Labute approximate surface area is 136 Å². The standard InChI is InChI=1S/C16H14ClF2NOS/c1-10-5-6-15(14(19)7-10)20-16(21)9-22-8-11-12(17)3-2-4-13(11)18/h2-7H,8-9H2,1H3,(H,20,21). The molecule has 0 saturated heterocycles. The van der Waals surface area contributed by atoms with Gasteiger partial charge in [-0.1, -0.05) is 23.7 Å². The zero-order chi connectivity index (χ0) is 16.1. The van der Waals surface area contributed by atoms with Gasteiger partial charge in [0.1, 0.15) is 11.6 Å². The van der Waals surface area contributed by atoms with E-state index in [0.29, 0.717) is 10.6 Å². The molecule has 2 rings (SSSR count). The number of benzene rings is 2. The molecule has 0 aliphatic heterocycles. The van der Waals surface area contributed by atoms with Crippen LogP contribution < -0.4 is 5.32 Å². The Bertz CT molecular complexity index is 674. The molecule has 0 atom stereocenters. The molecule has 0 aromatic heterocycles. The number of halogens is 3. The normalized spacial score (nSPS) is 10.5. The first-order chi connectivity index (χ1) is 10.5. The topological polar surface area (TPSA) is 29.1 Å². The first-order valence-corrected chi connectivity index (χ1v) is 8.07. The van der Waals surface area contributed by atoms with E-state index >= 15 is 0 Å². The third-order valence-corrected chi connectivity index (χ3v) is 4.25. The van der Waals surface area contributed by atoms with E-state index in [0.717, 1.165) is 5.56 Å². The van der Waals surface area contributed by atoms with E-state index in [9.17, 15) is 13.6 Å². The molecular weight excluding hydrogens is 328 g/mol. The molecule has 22 heavy (non-hydrogen) atoms. The minimum absolute atomic E-state index is 0.0813. The molecule has 6 heteroatoms. The van der Waals surface area contributed by atoms with Crippen LogP contribution in [0, 0.1) is 18.6 Å². The van der Waals surface area contributed by atoms with Crippen molar-refractivity contribution in [3.8, 4) is 0 Å². The Morgan fingerprint density at radius 3 is 2.68 bits per heavy atom. The predicted octanol–water partition coefficient (Wildman–Crippen LogP) is 4.80. The lowest BCUT2D eigenvalue weighted by Gasteiger charge is -2.08. The SMILES string of the molecule is Cc1ccc(NC(=O)CSCc2c(F)cccc2Cl)c(F)c1. The summed E-state index contributed by atoms with van der Waals surface area (Å²) in [6.07, 6.45) is 0. The average molecular weight is 342 g/mol. The van der Waals surface area contributed by atoms with Gasteiger partial charge in [-0.3, -0.25) is 4.79 Å². The summed E-state index contributed by atoms with van der Waals surface area (Å²) in [5.41, 5.74) is 1.28. The summed E-state index contributed by atoms with van der Waals surface area (Å²) in [6, 6.07) is 9.03. The molecule has 0 aliphatic carbocycles. The van der Waals surface area contributed by atoms with Crippen molar-refractivity contribution in [1.29, 1.82) is 0 Å². The molecule has 0 radical (unpaired) electrons. The van der Waals surface area contributed by atoms with Crippen LogP contribution >= 0.6 is 23.4 Å². The van der Waals surface area contributed by atoms with Crippen molar-refractivity contribution in [1.82, 2.24) is 0 Å². The lowest BCUT2D eigenvalue weighted by atomic mass is 10.2. The Balaban J connectivity index is 1.88. The lowest BCUT2D eigenvalue weighted by Crippen LogP contribution is -2.15. The zero-order valence-electron chi connectivity index (χ0n) is 11.8. The molecule has 1 amide bonds. The summed E-state index contributed by atoms with van der Waals surface area (Å²) in [4.78, 5) is 11.8. The molecular formula is C16H14ClF2NOS. The molecule has 0 saturated carbocycles. The van der Waals surface area contributed by atoms with Crippen LogP contribution in [-0.2, 0) is 10.5 Å². The van der Waals surface area contributed by atoms with Crippen LogP contribution in [0.5, 0.6) is 0 Å². The highest BCUT2D eigenvalue weighted by atomic mass is 35.5. The van der Waals surface area contributed by atoms with Crippen molar-refractivity contribution >= 4 is 35.0 Å². The van der Waals surface area contributed by atoms with Gasteiger partial charge < -0.3 is 5.32 Å². The minimum atomic E-state index is -0.476. The first-order valence-electron chi connectivity index (χ1n) is 6.54. The molecule has 0 heterocycles. The molecule has 0 spiro atoms. The number of rotatable bonds is 5. The van der Waals surface area contributed by atoms with Crippen molar-refractivity contribution in [3.05, 3.63) is 64.2 Å². The number of nitrogens with one attached hydrogen (secondary N) is 1. The number of hydrogen-bond donors (Lipinski definition) is 1. The number of carbonyl (C=O) groups excluding carboxylic acids is 1. The molecule has 0 fully saturated rings. The quantitative estimate of drug-likeness (QED) is 0.846. The monoisotopic (exact) mass is 341 g/mol. The van der Waals surface area contributed by atoms with Crippen molar-refractivity contribution < 1.29 is 13.6 Å². The van der Waals surface area contributed by atoms with E-state index in [4.69, 9.17) is 11.6 Å². The van der Waals surface area contributed by atoms with Crippen LogP contribution in [0.3, 0.4) is 0 Å². The summed E-state index contributed by atoms with van der Waals surface area (Å²) in [6.45, 7) is 1.77. The average Bonchev–Trinajstić information content (AvgIpc) is 2.45. The number of anilines is 1. The highest BCUT2D eigenvalue weighted by Gasteiger charge is 2.10. The fourth-order valence-corrected chi connectivity index (χ4v) is 2.99. The fourth-order valence-electron chi connectivity index (χ4n) is 1.82. The number of amides is 1. The smallest absolute Gasteiger partial charge is 0.234 e. The highest BCUT2D eigenvalue weighted by molar-refractivity contribution is 7.99. The summed E-state index contributed by atoms with van der Waals surface area (Å²) in [5, 5.41) is 2.82. The van der Waals surface area contributed by atoms with Gasteiger partial charge in [0.05, 0.1) is 11.4 Å². The van der Waals surface area contributed by atoms with Gasteiger partial charge >= 0.3 is 0 Å². The van der Waals surface area contributed by atoms with E-state index in [1.165, 1.54) is 36.0 Å². The number of carbonyl (C=O) groups is 1. The fraction of sp³-hybridized carbons (Fsp3) is 0.188. The van der Waals surface area contributed by atoms with E-state index in [-0.39, 0.29) is 23.1 Å². The Morgan fingerprint density at radius 2 is 2.00 bits per heavy atom. The first kappa shape index (κ1) is 16.8. The molecule has 2 aromatic carbocycles. The van der Waals surface area contributed by atoms with Crippen molar-refractivity contribution in [2.75, 3.05) is 11.1 Å². The van der Waals surface area contributed by atoms with E-state index < -0.39 is 11.6 Å². The van der Waals surface area contributed by atoms with Crippen LogP contribution in [0.2, 0.25) is 5.02 Å². The van der Waals surface area contributed by atoms with Gasteiger partial charge in [0.25, 0.3) is 0 Å². The van der Waals surface area contributed by atoms with Gasteiger partial charge in [-0.05, 0) is 36.8 Å². The maximum atomic E-state index is 13.6. The van der Waals surface area contributed by atoms with Gasteiger partial charge in [-0.2, -0.15) is 0 Å². The van der Waals surface area contributed by atoms with Crippen molar-refractivity contribution in [2.24, 2.45) is 0 Å². The van der Waals surface area contributed by atoms with E-state index in [1.54, 1.807) is 19.1 Å². The Morgan fingerprint density at radius 1 is 1.23 bits per heavy atom. The second-order valence-corrected chi connectivity index (χ2v) is 6.12. The maximum absolute atomic E-state index is 13.6. The van der Waals surface area contributed by atoms with E-state index in [1.807, 2.05) is 0 Å².